The van der Waals surface area contributed by atoms with Crippen molar-refractivity contribution in [2.24, 2.45) is 0 Å². The third kappa shape index (κ3) is 7.96. The van der Waals surface area contributed by atoms with Gasteiger partial charge in [-0.1, -0.05) is 115 Å². The molecule has 2 heterocycles. The second kappa shape index (κ2) is 16.8. The molecule has 0 aliphatic rings. The van der Waals surface area contributed by atoms with Gasteiger partial charge in [-0.15, -0.1) is 65.7 Å². The number of aryl methyl sites for hydroxylation is 1. The smallest absolute Gasteiger partial charge is 0.123 e. The summed E-state index contributed by atoms with van der Waals surface area (Å²) >= 11 is 0. The SMILES string of the molecule is Cc1cc(-c2ccc(F)cc2-c2ccc(-c3[c-]cc(F)cc3)nc2)cc(-c2ccccc2-c2cnc(-c3[c-]cccc3)cc2-c2ccc(-c3ccccc3)cc2)c1.[Ir]. The van der Waals surface area contributed by atoms with Gasteiger partial charge in [0.15, 0.2) is 0 Å². The van der Waals surface area contributed by atoms with Gasteiger partial charge in [0.1, 0.15) is 5.82 Å². The van der Waals surface area contributed by atoms with Crippen LogP contribution in [0.3, 0.4) is 0 Å². The second-order valence-electron chi connectivity index (χ2n) is 14.0. The molecule has 1 radical (unpaired) electrons. The van der Waals surface area contributed by atoms with Crippen molar-refractivity contribution in [1.29, 1.82) is 0 Å². The molecule has 0 unspecified atom stereocenters. The van der Waals surface area contributed by atoms with Crippen molar-refractivity contribution in [1.82, 2.24) is 9.97 Å². The minimum Gasteiger partial charge on any atom is -0.304 e. The molecule has 0 spiro atoms. The number of pyridine rings is 2. The Balaban J connectivity index is 0.00000469. The van der Waals surface area contributed by atoms with E-state index in [0.29, 0.717) is 11.3 Å². The third-order valence-corrected chi connectivity index (χ3v) is 10.2. The van der Waals surface area contributed by atoms with Crippen LogP contribution in [0.1, 0.15) is 5.56 Å². The maximum absolute atomic E-state index is 14.9. The molecule has 0 aliphatic carbocycles. The van der Waals surface area contributed by atoms with E-state index in [1.165, 1.54) is 23.8 Å². The molecule has 9 aromatic rings. The summed E-state index contributed by atoms with van der Waals surface area (Å²) in [5, 5.41) is 0. The number of hydrogen-bond donors (Lipinski definition) is 0. The van der Waals surface area contributed by atoms with Crippen LogP contribution in [-0.4, -0.2) is 9.97 Å². The second-order valence-corrected chi connectivity index (χ2v) is 14.0. The number of halogens is 2. The monoisotopic (exact) mass is 929 g/mol. The summed E-state index contributed by atoms with van der Waals surface area (Å²) in [4.78, 5) is 9.63. The van der Waals surface area contributed by atoms with E-state index in [9.17, 15) is 8.78 Å². The molecule has 2 aromatic heterocycles. The Kier molecular flexibility index (Phi) is 11.1. The van der Waals surface area contributed by atoms with Crippen molar-refractivity contribution in [3.63, 3.8) is 0 Å². The van der Waals surface area contributed by atoms with Crippen LogP contribution in [0, 0.1) is 30.7 Å². The average Bonchev–Trinajstić information content (AvgIpc) is 3.27. The Hall–Kier alpha value is -6.65. The maximum Gasteiger partial charge on any atom is 0.123 e. The normalized spacial score (nSPS) is 10.9. The van der Waals surface area contributed by atoms with Gasteiger partial charge in [0.25, 0.3) is 0 Å². The summed E-state index contributed by atoms with van der Waals surface area (Å²) in [5.41, 5.74) is 16.1. The first-order valence-corrected chi connectivity index (χ1v) is 18.8. The fourth-order valence-electron chi connectivity index (χ4n) is 7.43. The Morgan fingerprint density at radius 3 is 1.72 bits per heavy atom. The van der Waals surface area contributed by atoms with E-state index in [1.54, 1.807) is 18.3 Å². The van der Waals surface area contributed by atoms with E-state index in [0.717, 1.165) is 78.0 Å². The van der Waals surface area contributed by atoms with Crippen molar-refractivity contribution in [3.05, 3.63) is 218 Å². The zero-order valence-electron chi connectivity index (χ0n) is 31.4. The number of hydrogen-bond acceptors (Lipinski definition) is 2. The molecule has 0 bridgehead atoms. The summed E-state index contributed by atoms with van der Waals surface area (Å²) < 4.78 is 28.5. The fourth-order valence-corrected chi connectivity index (χ4v) is 7.43. The van der Waals surface area contributed by atoms with Crippen LogP contribution in [0.25, 0.3) is 89.3 Å². The van der Waals surface area contributed by atoms with Gasteiger partial charge in [-0.25, -0.2) is 4.39 Å². The van der Waals surface area contributed by atoms with Crippen molar-refractivity contribution in [2.45, 2.75) is 6.92 Å². The Bertz CT molecular complexity index is 2840. The van der Waals surface area contributed by atoms with Crippen molar-refractivity contribution in [2.75, 3.05) is 0 Å². The van der Waals surface area contributed by atoms with Crippen LogP contribution in [0.15, 0.2) is 188 Å². The molecule has 281 valence electrons. The first kappa shape index (κ1) is 38.2. The van der Waals surface area contributed by atoms with Crippen molar-refractivity contribution < 1.29 is 28.9 Å². The van der Waals surface area contributed by atoms with E-state index in [-0.39, 0.29) is 31.7 Å². The Morgan fingerprint density at radius 2 is 1.02 bits per heavy atom. The molecule has 0 saturated heterocycles. The number of aromatic nitrogens is 2. The van der Waals surface area contributed by atoms with Gasteiger partial charge in [-0.3, -0.25) is 4.39 Å². The Labute approximate surface area is 351 Å². The predicted octanol–water partition coefficient (Wildman–Crippen LogP) is 14.0. The molecule has 58 heavy (non-hydrogen) atoms. The van der Waals surface area contributed by atoms with Gasteiger partial charge in [-0.05, 0) is 103 Å². The zero-order chi connectivity index (χ0) is 38.7. The van der Waals surface area contributed by atoms with Crippen LogP contribution in [0.5, 0.6) is 0 Å². The molecule has 0 atom stereocenters. The number of nitrogens with zero attached hydrogens (tertiary/aromatic N) is 2. The molecule has 5 heteroatoms. The summed E-state index contributed by atoms with van der Waals surface area (Å²) in [7, 11) is 0. The van der Waals surface area contributed by atoms with Crippen LogP contribution in [-0.2, 0) is 20.1 Å². The number of benzene rings is 7. The minimum absolute atomic E-state index is 0. The first-order valence-electron chi connectivity index (χ1n) is 18.8. The quantitative estimate of drug-likeness (QED) is 0.142. The average molecular weight is 929 g/mol. The number of rotatable bonds is 8. The van der Waals surface area contributed by atoms with Crippen LogP contribution in [0.4, 0.5) is 8.78 Å². The largest absolute Gasteiger partial charge is 0.304 e. The van der Waals surface area contributed by atoms with Crippen molar-refractivity contribution in [3.8, 4) is 89.3 Å². The fraction of sp³-hybridized carbons (Fsp3) is 0.0189. The van der Waals surface area contributed by atoms with Crippen LogP contribution < -0.4 is 0 Å². The molecule has 0 saturated carbocycles. The molecule has 0 fully saturated rings. The van der Waals surface area contributed by atoms with Gasteiger partial charge >= 0.3 is 0 Å². The van der Waals surface area contributed by atoms with E-state index in [2.05, 4.69) is 121 Å². The van der Waals surface area contributed by atoms with Crippen LogP contribution >= 0.6 is 0 Å². The molecule has 9 rings (SSSR count). The molecule has 0 aliphatic heterocycles. The van der Waals surface area contributed by atoms with Gasteiger partial charge in [0, 0.05) is 43.9 Å². The third-order valence-electron chi connectivity index (χ3n) is 10.2. The summed E-state index contributed by atoms with van der Waals surface area (Å²) in [5.74, 6) is -0.693. The van der Waals surface area contributed by atoms with E-state index < -0.39 is 0 Å². The Morgan fingerprint density at radius 1 is 0.397 bits per heavy atom. The van der Waals surface area contributed by atoms with Gasteiger partial charge in [0.05, 0.1) is 0 Å². The zero-order valence-corrected chi connectivity index (χ0v) is 33.8. The molecule has 0 amide bonds. The van der Waals surface area contributed by atoms with Gasteiger partial charge in [-0.2, -0.15) is 0 Å². The predicted molar refractivity (Wildman–Crippen MR) is 228 cm³/mol. The van der Waals surface area contributed by atoms with Gasteiger partial charge < -0.3 is 9.97 Å². The van der Waals surface area contributed by atoms with E-state index in [1.807, 2.05) is 54.7 Å². The first-order chi connectivity index (χ1) is 28.0. The van der Waals surface area contributed by atoms with Gasteiger partial charge in [0.2, 0.25) is 0 Å². The van der Waals surface area contributed by atoms with Crippen LogP contribution in [0.2, 0.25) is 0 Å². The summed E-state index contributed by atoms with van der Waals surface area (Å²) in [6.07, 6.45) is 3.71. The molecular weight excluding hydrogens is 895 g/mol. The summed E-state index contributed by atoms with van der Waals surface area (Å²) in [6.45, 7) is 2.08. The standard InChI is InChI=1S/C53H34F2N2.Ir/c1-35-28-42(30-43(29-35)47-26-25-45(55)31-49(47)41-22-27-52(56-33-41)40-20-23-44(54)24-21-40)46-14-8-9-15-48(46)51-34-57-53(39-12-6-3-7-13-39)32-50(51)38-18-16-37(17-19-38)36-10-4-2-5-11-36;/h2-12,14-20,22-34H,1H3;/q-2;. The summed E-state index contributed by atoms with van der Waals surface area (Å²) in [6, 6.07) is 63.4. The molecule has 7 aromatic carbocycles. The molecular formula is C53H34F2IrN2-2. The molecule has 2 nitrogen and oxygen atoms in total. The maximum atomic E-state index is 14.9. The topological polar surface area (TPSA) is 25.8 Å². The van der Waals surface area contributed by atoms with Crippen molar-refractivity contribution >= 4 is 0 Å². The van der Waals surface area contributed by atoms with E-state index >= 15 is 0 Å². The molecule has 0 N–H and O–H groups in total. The van der Waals surface area contributed by atoms with E-state index in [4.69, 9.17) is 4.98 Å². The minimum atomic E-state index is -0.356.